The number of aromatic nitrogens is 7. The van der Waals surface area contributed by atoms with Crippen molar-refractivity contribution in [2.45, 2.75) is 0 Å². The maximum Gasteiger partial charge on any atom is 0.0931 e. The van der Waals surface area contributed by atoms with Crippen molar-refractivity contribution in [3.8, 4) is 0 Å². The molecule has 5 aromatic heterocycles. The summed E-state index contributed by atoms with van der Waals surface area (Å²) in [5.74, 6) is 0. The van der Waals surface area contributed by atoms with Crippen molar-refractivity contribution in [3.63, 3.8) is 0 Å². The molecule has 10 heteroatoms. The van der Waals surface area contributed by atoms with Crippen LogP contribution in [0.3, 0.4) is 0 Å². The minimum Gasteiger partial charge on any atom is -0.361 e. The molecule has 0 spiro atoms. The highest BCUT2D eigenvalue weighted by Crippen LogP contribution is 2.15. The average molecular weight is 692 g/mol. The Balaban J connectivity index is 0.000000106. The third-order valence-electron chi connectivity index (χ3n) is 7.80. The molecule has 0 bridgehead atoms. The Bertz CT molecular complexity index is 1880. The number of thiazole rings is 1. The number of H-pyrrole nitrogens is 4. The van der Waals surface area contributed by atoms with E-state index in [-0.39, 0.29) is 0 Å². The molecule has 1 saturated heterocycles. The molecule has 0 aliphatic carbocycles. The summed E-state index contributed by atoms with van der Waals surface area (Å²) in [7, 11) is 0. The van der Waals surface area contributed by atoms with Gasteiger partial charge in [-0.1, -0.05) is 78.9 Å². The summed E-state index contributed by atoms with van der Waals surface area (Å²) in [5.41, 5.74) is 8.59. The fourth-order valence-corrected chi connectivity index (χ4v) is 5.84. The van der Waals surface area contributed by atoms with Crippen LogP contribution in [0.15, 0.2) is 164 Å². The second kappa shape index (κ2) is 19.2. The Labute approximate surface area is 300 Å². The van der Waals surface area contributed by atoms with Crippen LogP contribution in [0.4, 0.5) is 0 Å². The first-order valence-electron chi connectivity index (χ1n) is 16.8. The maximum absolute atomic E-state index is 4.14. The molecule has 5 aromatic carbocycles. The first-order chi connectivity index (χ1) is 25.3. The van der Waals surface area contributed by atoms with E-state index in [4.69, 9.17) is 0 Å². The van der Waals surface area contributed by atoms with E-state index in [1.165, 1.54) is 26.5 Å². The monoisotopic (exact) mass is 691 g/mol. The third-order valence-corrected chi connectivity index (χ3v) is 8.61. The number of para-hydroxylation sites is 6. The normalized spacial score (nSPS) is 11.8. The molecule has 6 N–H and O–H groups in total. The number of hydrogen-bond donors (Lipinski definition) is 6. The predicted octanol–water partition coefficient (Wildman–Crippen LogP) is 8.94. The molecule has 0 atom stereocenters. The predicted molar refractivity (Wildman–Crippen MR) is 214 cm³/mol. The molecule has 0 radical (unpaired) electrons. The van der Waals surface area contributed by atoms with Gasteiger partial charge in [0, 0.05) is 55.0 Å². The summed E-state index contributed by atoms with van der Waals surface area (Å²) < 4.78 is 1.26. The number of nitrogens with one attached hydrogen (secondary N) is 6. The van der Waals surface area contributed by atoms with Crippen LogP contribution >= 0.6 is 11.3 Å². The Morgan fingerprint density at radius 1 is 0.451 bits per heavy atom. The van der Waals surface area contributed by atoms with Crippen molar-refractivity contribution in [1.82, 2.24) is 45.8 Å². The van der Waals surface area contributed by atoms with Crippen molar-refractivity contribution >= 4 is 65.3 Å². The van der Waals surface area contributed by atoms with Crippen LogP contribution in [0.2, 0.25) is 0 Å². The average Bonchev–Trinajstić information content (AvgIpc) is 4.06. The molecule has 1 fully saturated rings. The van der Waals surface area contributed by atoms with Crippen LogP contribution in [-0.4, -0.2) is 61.3 Å². The molecule has 0 amide bonds. The first-order valence-corrected chi connectivity index (χ1v) is 17.7. The third kappa shape index (κ3) is 10.7. The van der Waals surface area contributed by atoms with Gasteiger partial charge in [0.05, 0.1) is 44.8 Å². The van der Waals surface area contributed by atoms with Crippen molar-refractivity contribution in [2.24, 2.45) is 0 Å². The van der Waals surface area contributed by atoms with E-state index < -0.39 is 0 Å². The number of hydrogen-bond acceptors (Lipinski definition) is 6. The van der Waals surface area contributed by atoms with Crippen LogP contribution in [0.25, 0.3) is 54.0 Å². The number of imidazole rings is 1. The van der Waals surface area contributed by atoms with Gasteiger partial charge >= 0.3 is 0 Å². The SMILES string of the molecule is C1CNCCN1.c1ccc2[nH]ccc2c1.c1ccc2[nH]ccc2c1.c1ccc2[nH]cnc2c1.c1ccc2[nH]ncc2c1.c1ccc2scnc2c1. The fourth-order valence-electron chi connectivity index (χ4n) is 5.16. The minimum atomic E-state index is 1.03. The number of piperazine rings is 1. The highest BCUT2D eigenvalue weighted by atomic mass is 32.1. The lowest BCUT2D eigenvalue weighted by Crippen LogP contribution is -2.39. The van der Waals surface area contributed by atoms with Gasteiger partial charge < -0.3 is 25.6 Å². The van der Waals surface area contributed by atoms with Crippen LogP contribution in [-0.2, 0) is 0 Å². The molecule has 9 nitrogen and oxygen atoms in total. The highest BCUT2D eigenvalue weighted by molar-refractivity contribution is 7.16. The fraction of sp³-hybridized carbons (Fsp3) is 0.0976. The number of rotatable bonds is 0. The van der Waals surface area contributed by atoms with E-state index in [2.05, 4.69) is 88.2 Å². The van der Waals surface area contributed by atoms with E-state index in [9.17, 15) is 0 Å². The van der Waals surface area contributed by atoms with Gasteiger partial charge in [-0.15, -0.1) is 11.3 Å². The summed E-state index contributed by atoms with van der Waals surface area (Å²) in [4.78, 5) is 17.4. The number of benzene rings is 5. The molecule has 11 rings (SSSR count). The highest BCUT2D eigenvalue weighted by Gasteiger charge is 1.93. The summed E-state index contributed by atoms with van der Waals surface area (Å²) in [6.45, 7) is 4.56. The van der Waals surface area contributed by atoms with Gasteiger partial charge in [0.15, 0.2) is 0 Å². The van der Waals surface area contributed by atoms with Crippen LogP contribution in [0.5, 0.6) is 0 Å². The topological polar surface area (TPSA) is 126 Å². The van der Waals surface area contributed by atoms with Gasteiger partial charge in [-0.2, -0.15) is 5.10 Å². The summed E-state index contributed by atoms with van der Waals surface area (Å²) in [6, 6.07) is 44.6. The lowest BCUT2D eigenvalue weighted by atomic mass is 10.3. The lowest BCUT2D eigenvalue weighted by molar-refractivity contribution is 0.534. The van der Waals surface area contributed by atoms with Gasteiger partial charge in [-0.05, 0) is 65.4 Å². The second-order valence-electron chi connectivity index (χ2n) is 11.3. The smallest absolute Gasteiger partial charge is 0.0931 e. The van der Waals surface area contributed by atoms with E-state index in [0.717, 1.165) is 53.6 Å². The molecule has 0 saturated carbocycles. The van der Waals surface area contributed by atoms with E-state index in [0.29, 0.717) is 0 Å². The van der Waals surface area contributed by atoms with Gasteiger partial charge in [-0.25, -0.2) is 9.97 Å². The molecule has 6 heterocycles. The number of aromatic amines is 4. The van der Waals surface area contributed by atoms with Crippen molar-refractivity contribution in [1.29, 1.82) is 0 Å². The zero-order valence-corrected chi connectivity index (χ0v) is 29.0. The second-order valence-corrected chi connectivity index (χ2v) is 12.2. The molecular formula is C41H41N9S. The van der Waals surface area contributed by atoms with Gasteiger partial charge in [0.2, 0.25) is 0 Å². The largest absolute Gasteiger partial charge is 0.361 e. The maximum atomic E-state index is 4.14. The van der Waals surface area contributed by atoms with Crippen molar-refractivity contribution in [2.75, 3.05) is 26.2 Å². The summed E-state index contributed by atoms with van der Waals surface area (Å²) in [5, 5.41) is 16.9. The Morgan fingerprint density at radius 3 is 1.55 bits per heavy atom. The van der Waals surface area contributed by atoms with Crippen LogP contribution in [0.1, 0.15) is 0 Å². The zero-order chi connectivity index (χ0) is 34.8. The number of fused-ring (bicyclic) bond motifs is 5. The Kier molecular flexibility index (Phi) is 13.1. The molecule has 10 aromatic rings. The molecule has 51 heavy (non-hydrogen) atoms. The molecule has 0 unspecified atom stereocenters. The molecule has 1 aliphatic rings. The standard InChI is InChI=1S/2C8H7N.2C7H6N2.C7H5NS.C4H10N2/c2*1-2-4-8-7(3-1)5-6-9-8;1-2-4-7-6(3-1)8-5-9-7;1-2-4-7-6(3-1)5-8-9-7;1-2-4-7-6(3-1)8-5-9-7;1-2-6-4-3-5-1/h2*1-6,9H;2*1-5H,(H,8,9);1-5H;5-6H,1-4H2. The van der Waals surface area contributed by atoms with Gasteiger partial charge in [-0.3, -0.25) is 5.10 Å². The van der Waals surface area contributed by atoms with Crippen LogP contribution < -0.4 is 10.6 Å². The zero-order valence-electron chi connectivity index (χ0n) is 28.2. The molecular weight excluding hydrogens is 651 g/mol. The first kappa shape index (κ1) is 34.8. The van der Waals surface area contributed by atoms with E-state index >= 15 is 0 Å². The Hall–Kier alpha value is -6.07. The summed E-state index contributed by atoms with van der Waals surface area (Å²) >= 11 is 1.68. The quantitative estimate of drug-likeness (QED) is 0.0947. The molecule has 1 aliphatic heterocycles. The molecule has 256 valence electrons. The number of nitrogens with zero attached hydrogens (tertiary/aromatic N) is 3. The van der Waals surface area contributed by atoms with Crippen molar-refractivity contribution < 1.29 is 0 Å². The van der Waals surface area contributed by atoms with E-state index in [1.807, 2.05) is 115 Å². The van der Waals surface area contributed by atoms with Gasteiger partial charge in [0.25, 0.3) is 0 Å². The van der Waals surface area contributed by atoms with Gasteiger partial charge in [0.1, 0.15) is 0 Å². The lowest BCUT2D eigenvalue weighted by Gasteiger charge is -2.11. The minimum absolute atomic E-state index is 1.03. The van der Waals surface area contributed by atoms with Crippen LogP contribution in [0, 0.1) is 0 Å². The Morgan fingerprint density at radius 2 is 0.980 bits per heavy atom. The van der Waals surface area contributed by atoms with Crippen molar-refractivity contribution in [3.05, 3.63) is 164 Å². The summed E-state index contributed by atoms with van der Waals surface area (Å²) in [6.07, 6.45) is 7.41. The van der Waals surface area contributed by atoms with E-state index in [1.54, 1.807) is 17.7 Å².